The number of aliphatic imine (C=N–C) groups is 1. The van der Waals surface area contributed by atoms with Crippen molar-refractivity contribution in [1.82, 2.24) is 15.5 Å². The van der Waals surface area contributed by atoms with E-state index in [4.69, 9.17) is 0 Å². The van der Waals surface area contributed by atoms with E-state index in [1.165, 1.54) is 32.5 Å². The molecule has 1 aliphatic heterocycles. The van der Waals surface area contributed by atoms with Crippen molar-refractivity contribution >= 4 is 29.9 Å². The van der Waals surface area contributed by atoms with Gasteiger partial charge >= 0.3 is 0 Å². The summed E-state index contributed by atoms with van der Waals surface area (Å²) in [6, 6.07) is 0.561. The average molecular weight is 408 g/mol. The highest BCUT2D eigenvalue weighted by molar-refractivity contribution is 14.0. The van der Waals surface area contributed by atoms with Crippen molar-refractivity contribution in [3.05, 3.63) is 12.2 Å². The van der Waals surface area contributed by atoms with Gasteiger partial charge in [-0.25, -0.2) is 0 Å². The minimum atomic E-state index is 0. The second-order valence-electron chi connectivity index (χ2n) is 5.97. The zero-order valence-corrected chi connectivity index (χ0v) is 16.4. The van der Waals surface area contributed by atoms with Crippen molar-refractivity contribution in [2.75, 3.05) is 33.2 Å². The van der Waals surface area contributed by atoms with Crippen molar-refractivity contribution in [3.8, 4) is 0 Å². The standard InChI is InChI=1S/C16H32N4.HI/c1-5-6-7-10-18-16(17-4)19-15-8-11-20(12-9-15)13-14(2)3;/h5-6,14-15H,7-13H2,1-4H3,(H2,17,18,19);1H/b6-5+;. The molecule has 124 valence electrons. The molecule has 1 aliphatic rings. The molecule has 0 bridgehead atoms. The van der Waals surface area contributed by atoms with Gasteiger partial charge in [0.05, 0.1) is 0 Å². The first-order valence-electron chi connectivity index (χ1n) is 7.96. The van der Waals surface area contributed by atoms with Crippen LogP contribution in [0.5, 0.6) is 0 Å². The van der Waals surface area contributed by atoms with Crippen molar-refractivity contribution < 1.29 is 0 Å². The molecule has 0 aromatic carbocycles. The number of nitrogens with one attached hydrogen (secondary N) is 2. The fourth-order valence-corrected chi connectivity index (χ4v) is 2.60. The van der Waals surface area contributed by atoms with Crippen LogP contribution in [-0.4, -0.2) is 50.1 Å². The monoisotopic (exact) mass is 408 g/mol. The SMILES string of the molecule is C/C=C/CCNC(=NC)NC1CCN(CC(C)C)CC1.I. The largest absolute Gasteiger partial charge is 0.356 e. The van der Waals surface area contributed by atoms with Gasteiger partial charge in [-0.05, 0) is 32.1 Å². The van der Waals surface area contributed by atoms with Gasteiger partial charge in [-0.2, -0.15) is 0 Å². The minimum Gasteiger partial charge on any atom is -0.356 e. The third-order valence-corrected chi connectivity index (χ3v) is 3.61. The van der Waals surface area contributed by atoms with Crippen LogP contribution in [0.3, 0.4) is 0 Å². The van der Waals surface area contributed by atoms with E-state index in [1.807, 2.05) is 7.05 Å². The van der Waals surface area contributed by atoms with Gasteiger partial charge < -0.3 is 15.5 Å². The maximum absolute atomic E-state index is 4.30. The van der Waals surface area contributed by atoms with Gasteiger partial charge in [0.25, 0.3) is 0 Å². The lowest BCUT2D eigenvalue weighted by Gasteiger charge is -2.33. The van der Waals surface area contributed by atoms with Crippen LogP contribution in [0.15, 0.2) is 17.1 Å². The minimum absolute atomic E-state index is 0. The lowest BCUT2D eigenvalue weighted by Crippen LogP contribution is -2.49. The van der Waals surface area contributed by atoms with Gasteiger partial charge in [-0.15, -0.1) is 24.0 Å². The van der Waals surface area contributed by atoms with E-state index in [0.717, 1.165) is 24.8 Å². The number of guanidine groups is 1. The van der Waals surface area contributed by atoms with Crippen molar-refractivity contribution in [3.63, 3.8) is 0 Å². The van der Waals surface area contributed by atoms with Crippen LogP contribution < -0.4 is 10.6 Å². The zero-order chi connectivity index (χ0) is 14.8. The lowest BCUT2D eigenvalue weighted by molar-refractivity contribution is 0.187. The highest BCUT2D eigenvalue weighted by Gasteiger charge is 2.20. The average Bonchev–Trinajstić information content (AvgIpc) is 2.43. The molecular weight excluding hydrogens is 375 g/mol. The number of nitrogens with zero attached hydrogens (tertiary/aromatic N) is 2. The summed E-state index contributed by atoms with van der Waals surface area (Å²) in [5.74, 6) is 1.71. The van der Waals surface area contributed by atoms with Crippen LogP contribution in [-0.2, 0) is 0 Å². The van der Waals surface area contributed by atoms with E-state index in [2.05, 4.69) is 53.4 Å². The molecule has 2 N–H and O–H groups in total. The fourth-order valence-electron chi connectivity index (χ4n) is 2.60. The van der Waals surface area contributed by atoms with Crippen molar-refractivity contribution in [1.29, 1.82) is 0 Å². The summed E-state index contributed by atoms with van der Waals surface area (Å²) in [7, 11) is 1.85. The third kappa shape index (κ3) is 9.34. The highest BCUT2D eigenvalue weighted by Crippen LogP contribution is 2.11. The van der Waals surface area contributed by atoms with Crippen LogP contribution in [0.25, 0.3) is 0 Å². The van der Waals surface area contributed by atoms with Crippen LogP contribution in [0.2, 0.25) is 0 Å². The predicted octanol–water partition coefficient (Wildman–Crippen LogP) is 2.86. The van der Waals surface area contributed by atoms with E-state index >= 15 is 0 Å². The maximum Gasteiger partial charge on any atom is 0.191 e. The molecule has 0 spiro atoms. The molecule has 0 aromatic rings. The molecule has 1 fully saturated rings. The van der Waals surface area contributed by atoms with Gasteiger partial charge in [0.15, 0.2) is 5.96 Å². The number of halogens is 1. The molecule has 0 aliphatic carbocycles. The Bertz CT molecular complexity index is 307. The van der Waals surface area contributed by atoms with Gasteiger partial charge in [0.2, 0.25) is 0 Å². The molecule has 0 atom stereocenters. The Kier molecular flexibility index (Phi) is 12.1. The number of hydrogen-bond donors (Lipinski definition) is 2. The molecule has 5 heteroatoms. The first kappa shape index (κ1) is 20.7. The number of hydrogen-bond acceptors (Lipinski definition) is 2. The van der Waals surface area contributed by atoms with E-state index in [0.29, 0.717) is 6.04 Å². The third-order valence-electron chi connectivity index (χ3n) is 3.61. The number of rotatable bonds is 6. The van der Waals surface area contributed by atoms with E-state index in [1.54, 1.807) is 0 Å². The molecule has 4 nitrogen and oxygen atoms in total. The molecule has 0 amide bonds. The van der Waals surface area contributed by atoms with Gasteiger partial charge in [-0.1, -0.05) is 26.0 Å². The maximum atomic E-state index is 4.30. The van der Waals surface area contributed by atoms with E-state index in [9.17, 15) is 0 Å². The molecule has 0 unspecified atom stereocenters. The molecule has 1 rings (SSSR count). The molecule has 0 aromatic heterocycles. The Morgan fingerprint density at radius 2 is 2.00 bits per heavy atom. The summed E-state index contributed by atoms with van der Waals surface area (Å²) in [6.07, 6.45) is 7.72. The van der Waals surface area contributed by atoms with Crippen LogP contribution >= 0.6 is 24.0 Å². The summed E-state index contributed by atoms with van der Waals surface area (Å²) in [6.45, 7) is 11.2. The normalized spacial score (nSPS) is 18.0. The first-order valence-corrected chi connectivity index (χ1v) is 7.96. The molecule has 21 heavy (non-hydrogen) atoms. The molecule has 1 saturated heterocycles. The van der Waals surface area contributed by atoms with Gasteiger partial charge in [0, 0.05) is 39.3 Å². The van der Waals surface area contributed by atoms with E-state index < -0.39 is 0 Å². The summed E-state index contributed by atoms with van der Waals surface area (Å²) >= 11 is 0. The second kappa shape index (κ2) is 12.3. The smallest absolute Gasteiger partial charge is 0.191 e. The summed E-state index contributed by atoms with van der Waals surface area (Å²) in [5, 5.41) is 6.91. The summed E-state index contributed by atoms with van der Waals surface area (Å²) < 4.78 is 0. The van der Waals surface area contributed by atoms with Crippen LogP contribution in [0.1, 0.15) is 40.0 Å². The van der Waals surface area contributed by atoms with Gasteiger partial charge in [-0.3, -0.25) is 4.99 Å². The van der Waals surface area contributed by atoms with Gasteiger partial charge in [0.1, 0.15) is 0 Å². The fraction of sp³-hybridized carbons (Fsp3) is 0.812. The van der Waals surface area contributed by atoms with Crippen LogP contribution in [0, 0.1) is 5.92 Å². The summed E-state index contributed by atoms with van der Waals surface area (Å²) in [4.78, 5) is 6.88. The molecular formula is C16H33IN4. The first-order chi connectivity index (χ1) is 9.65. The Morgan fingerprint density at radius 1 is 1.33 bits per heavy atom. The second-order valence-corrected chi connectivity index (χ2v) is 5.97. The van der Waals surface area contributed by atoms with Crippen molar-refractivity contribution in [2.24, 2.45) is 10.9 Å². The zero-order valence-electron chi connectivity index (χ0n) is 14.1. The number of allylic oxidation sites excluding steroid dienone is 1. The number of likely N-dealkylation sites (tertiary alicyclic amines) is 1. The topological polar surface area (TPSA) is 39.7 Å². The molecule has 1 heterocycles. The Hall–Kier alpha value is -0.300. The van der Waals surface area contributed by atoms with Crippen LogP contribution in [0.4, 0.5) is 0 Å². The molecule has 0 radical (unpaired) electrons. The number of piperidine rings is 1. The molecule has 0 saturated carbocycles. The Labute approximate surface area is 147 Å². The summed E-state index contributed by atoms with van der Waals surface area (Å²) in [5.41, 5.74) is 0. The highest BCUT2D eigenvalue weighted by atomic mass is 127. The van der Waals surface area contributed by atoms with E-state index in [-0.39, 0.29) is 24.0 Å². The quantitative estimate of drug-likeness (QED) is 0.234. The Morgan fingerprint density at radius 3 is 2.52 bits per heavy atom. The lowest BCUT2D eigenvalue weighted by atomic mass is 10.0. The van der Waals surface area contributed by atoms with Crippen molar-refractivity contribution in [2.45, 2.75) is 46.1 Å². The Balaban J connectivity index is 0.00000400. The predicted molar refractivity (Wildman–Crippen MR) is 104 cm³/mol.